The molecule has 5 nitrogen and oxygen atoms in total. The molecule has 0 radical (unpaired) electrons. The molecule has 0 aliphatic carbocycles. The molecule has 2 aromatic carbocycles. The Kier molecular flexibility index (Phi) is 4.28. The standard InChI is InChI=1S/C17H19NO4S/c1-22-17-12-14(7-8-16(17)19)13-5-4-6-15(11-13)23(20,21)18-9-2-3-10-18/h4-8,11-12,19H,2-3,9-10H2,1H3. The Balaban J connectivity index is 2.00. The van der Waals surface area contributed by atoms with E-state index in [1.807, 2.05) is 6.07 Å². The number of rotatable bonds is 4. The highest BCUT2D eigenvalue weighted by Gasteiger charge is 2.27. The molecule has 0 atom stereocenters. The van der Waals surface area contributed by atoms with Crippen LogP contribution in [-0.4, -0.2) is 38.0 Å². The zero-order valence-electron chi connectivity index (χ0n) is 12.9. The number of aromatic hydroxyl groups is 1. The third-order valence-corrected chi connectivity index (χ3v) is 5.94. The first-order valence-electron chi connectivity index (χ1n) is 7.50. The van der Waals surface area contributed by atoms with Crippen molar-refractivity contribution in [1.82, 2.24) is 4.31 Å². The molecule has 0 saturated carbocycles. The molecule has 6 heteroatoms. The van der Waals surface area contributed by atoms with E-state index >= 15 is 0 Å². The minimum atomic E-state index is -3.44. The van der Waals surface area contributed by atoms with Gasteiger partial charge < -0.3 is 9.84 Å². The molecule has 1 aliphatic rings. The number of phenolic OH excluding ortho intramolecular Hbond substituents is 1. The Labute approximate surface area is 136 Å². The number of nitrogens with zero attached hydrogens (tertiary/aromatic N) is 1. The van der Waals surface area contributed by atoms with E-state index in [0.717, 1.165) is 24.0 Å². The fourth-order valence-electron chi connectivity index (χ4n) is 2.77. The van der Waals surface area contributed by atoms with E-state index in [4.69, 9.17) is 4.74 Å². The van der Waals surface area contributed by atoms with Gasteiger partial charge in [-0.2, -0.15) is 4.31 Å². The molecule has 1 heterocycles. The van der Waals surface area contributed by atoms with Crippen LogP contribution in [0.2, 0.25) is 0 Å². The number of benzene rings is 2. The van der Waals surface area contributed by atoms with Crippen molar-refractivity contribution in [1.29, 1.82) is 0 Å². The second kappa shape index (κ2) is 6.22. The van der Waals surface area contributed by atoms with E-state index in [1.54, 1.807) is 30.3 Å². The number of hydrogen-bond donors (Lipinski definition) is 1. The van der Waals surface area contributed by atoms with Crippen LogP contribution in [0.4, 0.5) is 0 Å². The number of ether oxygens (including phenoxy) is 1. The van der Waals surface area contributed by atoms with Crippen LogP contribution in [0.1, 0.15) is 12.8 Å². The molecule has 0 amide bonds. The summed E-state index contributed by atoms with van der Waals surface area (Å²) in [5.41, 5.74) is 1.56. The molecule has 1 fully saturated rings. The SMILES string of the molecule is COc1cc(-c2cccc(S(=O)(=O)N3CCCC3)c2)ccc1O. The first kappa shape index (κ1) is 15.8. The second-order valence-corrected chi connectivity index (χ2v) is 7.46. The molecule has 1 N–H and O–H groups in total. The van der Waals surface area contributed by atoms with Crippen LogP contribution in [0, 0.1) is 0 Å². The van der Waals surface area contributed by atoms with Crippen molar-refractivity contribution in [2.45, 2.75) is 17.7 Å². The topological polar surface area (TPSA) is 66.8 Å². The summed E-state index contributed by atoms with van der Waals surface area (Å²) in [4.78, 5) is 0.295. The first-order chi connectivity index (χ1) is 11.0. The number of hydrogen-bond acceptors (Lipinski definition) is 4. The zero-order chi connectivity index (χ0) is 16.4. The lowest BCUT2D eigenvalue weighted by Crippen LogP contribution is -2.27. The lowest BCUT2D eigenvalue weighted by molar-refractivity contribution is 0.373. The Hall–Kier alpha value is -2.05. The van der Waals surface area contributed by atoms with Gasteiger partial charge in [-0.25, -0.2) is 8.42 Å². The van der Waals surface area contributed by atoms with Gasteiger partial charge in [-0.3, -0.25) is 0 Å². The van der Waals surface area contributed by atoms with Gasteiger partial charge in [0.1, 0.15) is 0 Å². The van der Waals surface area contributed by atoms with Gasteiger partial charge in [-0.05, 0) is 48.2 Å². The van der Waals surface area contributed by atoms with Gasteiger partial charge in [-0.15, -0.1) is 0 Å². The molecule has 23 heavy (non-hydrogen) atoms. The average molecular weight is 333 g/mol. The Morgan fingerprint density at radius 3 is 2.43 bits per heavy atom. The van der Waals surface area contributed by atoms with Crippen molar-refractivity contribution >= 4 is 10.0 Å². The predicted octanol–water partition coefficient (Wildman–Crippen LogP) is 2.85. The first-order valence-corrected chi connectivity index (χ1v) is 8.94. The zero-order valence-corrected chi connectivity index (χ0v) is 13.7. The van der Waals surface area contributed by atoms with E-state index in [-0.39, 0.29) is 5.75 Å². The van der Waals surface area contributed by atoms with E-state index in [0.29, 0.717) is 23.7 Å². The molecule has 0 bridgehead atoms. The summed E-state index contributed by atoms with van der Waals surface area (Å²) >= 11 is 0. The van der Waals surface area contributed by atoms with Crippen LogP contribution >= 0.6 is 0 Å². The molecule has 0 aromatic heterocycles. The Morgan fingerprint density at radius 2 is 1.74 bits per heavy atom. The molecular weight excluding hydrogens is 314 g/mol. The van der Waals surface area contributed by atoms with Crippen LogP contribution in [0.25, 0.3) is 11.1 Å². The van der Waals surface area contributed by atoms with Crippen molar-refractivity contribution in [3.05, 3.63) is 42.5 Å². The Morgan fingerprint density at radius 1 is 1.04 bits per heavy atom. The second-order valence-electron chi connectivity index (χ2n) is 5.53. The molecule has 122 valence electrons. The van der Waals surface area contributed by atoms with Gasteiger partial charge in [0.15, 0.2) is 11.5 Å². The monoisotopic (exact) mass is 333 g/mol. The molecule has 1 aliphatic heterocycles. The summed E-state index contributed by atoms with van der Waals surface area (Å²) in [5.74, 6) is 0.410. The van der Waals surface area contributed by atoms with Crippen molar-refractivity contribution in [2.24, 2.45) is 0 Å². The predicted molar refractivity (Wildman–Crippen MR) is 88.1 cm³/mol. The summed E-state index contributed by atoms with van der Waals surface area (Å²) in [5, 5.41) is 9.68. The third-order valence-electron chi connectivity index (χ3n) is 4.05. The van der Waals surface area contributed by atoms with Gasteiger partial charge in [0.25, 0.3) is 0 Å². The average Bonchev–Trinajstić information content (AvgIpc) is 3.11. The third kappa shape index (κ3) is 3.04. The number of phenols is 1. The molecule has 1 saturated heterocycles. The fourth-order valence-corrected chi connectivity index (χ4v) is 4.33. The van der Waals surface area contributed by atoms with Crippen molar-refractivity contribution < 1.29 is 18.3 Å². The smallest absolute Gasteiger partial charge is 0.243 e. The van der Waals surface area contributed by atoms with E-state index < -0.39 is 10.0 Å². The quantitative estimate of drug-likeness (QED) is 0.934. The largest absolute Gasteiger partial charge is 0.504 e. The summed E-state index contributed by atoms with van der Waals surface area (Å²) in [6.07, 6.45) is 1.82. The van der Waals surface area contributed by atoms with E-state index in [9.17, 15) is 13.5 Å². The molecular formula is C17H19NO4S. The molecule has 0 spiro atoms. The highest BCUT2D eigenvalue weighted by Crippen LogP contribution is 2.32. The van der Waals surface area contributed by atoms with Crippen molar-refractivity contribution in [3.8, 4) is 22.6 Å². The van der Waals surface area contributed by atoms with Gasteiger partial charge in [0.05, 0.1) is 12.0 Å². The molecule has 0 unspecified atom stereocenters. The van der Waals surface area contributed by atoms with Crippen molar-refractivity contribution in [3.63, 3.8) is 0 Å². The highest BCUT2D eigenvalue weighted by atomic mass is 32.2. The van der Waals surface area contributed by atoms with Crippen LogP contribution in [0.15, 0.2) is 47.4 Å². The van der Waals surface area contributed by atoms with Crippen LogP contribution in [0.3, 0.4) is 0 Å². The van der Waals surface area contributed by atoms with Gasteiger partial charge >= 0.3 is 0 Å². The van der Waals surface area contributed by atoms with Crippen LogP contribution in [-0.2, 0) is 10.0 Å². The van der Waals surface area contributed by atoms with Gasteiger partial charge in [0.2, 0.25) is 10.0 Å². The minimum absolute atomic E-state index is 0.0529. The summed E-state index contributed by atoms with van der Waals surface area (Å²) in [7, 11) is -1.96. The summed E-state index contributed by atoms with van der Waals surface area (Å²) in [6, 6.07) is 11.8. The molecule has 2 aromatic rings. The highest BCUT2D eigenvalue weighted by molar-refractivity contribution is 7.89. The summed E-state index contributed by atoms with van der Waals surface area (Å²) < 4.78 is 32.0. The maximum absolute atomic E-state index is 12.7. The van der Waals surface area contributed by atoms with Gasteiger partial charge in [0, 0.05) is 13.1 Å². The normalized spacial score (nSPS) is 15.7. The Bertz CT molecular complexity index is 811. The van der Waals surface area contributed by atoms with Crippen molar-refractivity contribution in [2.75, 3.05) is 20.2 Å². The van der Waals surface area contributed by atoms with Crippen LogP contribution in [0.5, 0.6) is 11.5 Å². The van der Waals surface area contributed by atoms with Gasteiger partial charge in [-0.1, -0.05) is 18.2 Å². The summed E-state index contributed by atoms with van der Waals surface area (Å²) in [6.45, 7) is 1.17. The lowest BCUT2D eigenvalue weighted by atomic mass is 10.1. The minimum Gasteiger partial charge on any atom is -0.504 e. The fraction of sp³-hybridized carbons (Fsp3) is 0.294. The van der Waals surface area contributed by atoms with E-state index in [2.05, 4.69) is 0 Å². The maximum Gasteiger partial charge on any atom is 0.243 e. The number of methoxy groups -OCH3 is 1. The molecule has 3 rings (SSSR count). The lowest BCUT2D eigenvalue weighted by Gasteiger charge is -2.16. The van der Waals surface area contributed by atoms with Crippen LogP contribution < -0.4 is 4.74 Å². The number of sulfonamides is 1. The maximum atomic E-state index is 12.7. The van der Waals surface area contributed by atoms with E-state index in [1.165, 1.54) is 17.5 Å².